The van der Waals surface area contributed by atoms with Gasteiger partial charge in [0.2, 0.25) is 0 Å². The van der Waals surface area contributed by atoms with E-state index in [0.29, 0.717) is 12.2 Å². The van der Waals surface area contributed by atoms with Crippen LogP contribution in [-0.2, 0) is 0 Å². The van der Waals surface area contributed by atoms with Crippen LogP contribution in [0.4, 0.5) is 11.4 Å². The van der Waals surface area contributed by atoms with Gasteiger partial charge in [0.05, 0.1) is 20.1 Å². The molecule has 0 radical (unpaired) electrons. The average Bonchev–Trinajstić information content (AvgIpc) is 2.81. The molecule has 0 spiro atoms. The Hall–Kier alpha value is -1.73. The summed E-state index contributed by atoms with van der Waals surface area (Å²) < 4.78 is 0.855. The molecule has 0 amide bonds. The molecule has 2 rings (SSSR count). The lowest BCUT2D eigenvalue weighted by Crippen LogP contribution is -2.28. The van der Waals surface area contributed by atoms with Crippen molar-refractivity contribution in [3.8, 4) is 0 Å². The van der Waals surface area contributed by atoms with Gasteiger partial charge in [0.25, 0.3) is 5.69 Å². The van der Waals surface area contributed by atoms with Crippen LogP contribution >= 0.6 is 11.3 Å². The number of nitro benzene ring substituents is 1. The maximum Gasteiger partial charge on any atom is 0.293 e. The number of likely N-dealkylation sites (N-methyl/N-ethyl adjacent to an activating group) is 1. The number of anilines is 1. The first kappa shape index (κ1) is 15.7. The van der Waals surface area contributed by atoms with E-state index >= 15 is 0 Å². The van der Waals surface area contributed by atoms with Gasteiger partial charge in [0.15, 0.2) is 0 Å². The summed E-state index contributed by atoms with van der Waals surface area (Å²) in [7, 11) is 0. The molecule has 21 heavy (non-hydrogen) atoms. The second-order valence-electron chi connectivity index (χ2n) is 4.78. The maximum absolute atomic E-state index is 11.2. The van der Waals surface area contributed by atoms with Gasteiger partial charge in [-0.15, -0.1) is 11.3 Å². The Balaban J connectivity index is 2.20. The minimum Gasteiger partial charge on any atom is -0.378 e. The molecule has 1 aromatic heterocycles. The van der Waals surface area contributed by atoms with E-state index in [1.165, 1.54) is 11.3 Å². The molecule has 0 aliphatic carbocycles. The molecule has 2 aromatic rings. The van der Waals surface area contributed by atoms with Gasteiger partial charge in [0.1, 0.15) is 5.69 Å². The van der Waals surface area contributed by atoms with Crippen LogP contribution in [0.3, 0.4) is 0 Å². The Morgan fingerprint density at radius 2 is 2.10 bits per heavy atom. The minimum absolute atomic E-state index is 0.116. The third kappa shape index (κ3) is 3.68. The summed E-state index contributed by atoms with van der Waals surface area (Å²) in [6.07, 6.45) is 0. The van der Waals surface area contributed by atoms with Gasteiger partial charge in [-0.3, -0.25) is 10.1 Å². The average molecular weight is 308 g/mol. The summed E-state index contributed by atoms with van der Waals surface area (Å²) in [5.74, 6) is 0. The van der Waals surface area contributed by atoms with E-state index in [1.54, 1.807) is 12.1 Å². The lowest BCUT2D eigenvalue weighted by Gasteiger charge is -2.18. The summed E-state index contributed by atoms with van der Waals surface area (Å²) in [5, 5.41) is 15.3. The number of nitro groups is 1. The molecule has 7 heteroatoms. The Morgan fingerprint density at radius 1 is 1.38 bits per heavy atom. The van der Waals surface area contributed by atoms with Crippen LogP contribution < -0.4 is 5.32 Å². The number of nitrogens with one attached hydrogen (secondary N) is 1. The van der Waals surface area contributed by atoms with Crippen LogP contribution in [-0.4, -0.2) is 41.0 Å². The lowest BCUT2D eigenvalue weighted by atomic mass is 10.2. The molecule has 0 saturated heterocycles. The molecule has 0 unspecified atom stereocenters. The van der Waals surface area contributed by atoms with E-state index in [-0.39, 0.29) is 10.6 Å². The monoisotopic (exact) mass is 308 g/mol. The molecule has 0 bridgehead atoms. The highest BCUT2D eigenvalue weighted by atomic mass is 32.1. The van der Waals surface area contributed by atoms with E-state index in [0.717, 1.165) is 34.9 Å². The van der Waals surface area contributed by atoms with Crippen molar-refractivity contribution in [3.63, 3.8) is 0 Å². The number of hydrogen-bond donors (Lipinski definition) is 1. The molecule has 1 N–H and O–H groups in total. The molecule has 1 aromatic carbocycles. The second kappa shape index (κ2) is 6.82. The van der Waals surface area contributed by atoms with Gasteiger partial charge in [-0.2, -0.15) is 0 Å². The van der Waals surface area contributed by atoms with Crippen molar-refractivity contribution < 1.29 is 4.92 Å². The number of rotatable bonds is 7. The number of fused-ring (bicyclic) bond motifs is 1. The highest BCUT2D eigenvalue weighted by molar-refractivity contribution is 7.18. The summed E-state index contributed by atoms with van der Waals surface area (Å²) in [6, 6.07) is 3.39. The van der Waals surface area contributed by atoms with Crippen molar-refractivity contribution in [1.29, 1.82) is 0 Å². The van der Waals surface area contributed by atoms with Crippen molar-refractivity contribution in [1.82, 2.24) is 9.88 Å². The highest BCUT2D eigenvalue weighted by Crippen LogP contribution is 2.32. The molecule has 0 atom stereocenters. The van der Waals surface area contributed by atoms with E-state index in [1.807, 2.05) is 6.92 Å². The van der Waals surface area contributed by atoms with E-state index < -0.39 is 0 Å². The van der Waals surface area contributed by atoms with E-state index in [9.17, 15) is 10.1 Å². The fraction of sp³-hybridized carbons (Fsp3) is 0.500. The Labute approximate surface area is 127 Å². The van der Waals surface area contributed by atoms with Crippen LogP contribution in [0.5, 0.6) is 0 Å². The minimum atomic E-state index is -0.339. The fourth-order valence-electron chi connectivity index (χ4n) is 2.26. The Bertz CT molecular complexity index is 637. The van der Waals surface area contributed by atoms with Crippen LogP contribution in [0.1, 0.15) is 18.9 Å². The van der Waals surface area contributed by atoms with Gasteiger partial charge in [-0.1, -0.05) is 13.8 Å². The first-order valence-electron chi connectivity index (χ1n) is 7.07. The van der Waals surface area contributed by atoms with Gasteiger partial charge in [-0.05, 0) is 26.1 Å². The highest BCUT2D eigenvalue weighted by Gasteiger charge is 2.17. The number of aryl methyl sites for hydroxylation is 1. The normalized spacial score (nSPS) is 11.2. The van der Waals surface area contributed by atoms with Gasteiger partial charge in [-0.25, -0.2) is 4.98 Å². The zero-order valence-corrected chi connectivity index (χ0v) is 13.4. The molecule has 6 nitrogen and oxygen atoms in total. The van der Waals surface area contributed by atoms with E-state index in [4.69, 9.17) is 0 Å². The van der Waals surface area contributed by atoms with Gasteiger partial charge < -0.3 is 10.2 Å². The number of benzene rings is 1. The molecular formula is C14H20N4O2S. The number of hydrogen-bond acceptors (Lipinski definition) is 6. The van der Waals surface area contributed by atoms with Crippen molar-refractivity contribution in [2.24, 2.45) is 0 Å². The fourth-order valence-corrected chi connectivity index (χ4v) is 3.10. The van der Waals surface area contributed by atoms with Gasteiger partial charge in [0, 0.05) is 19.2 Å². The molecule has 0 fully saturated rings. The third-order valence-electron chi connectivity index (χ3n) is 3.45. The summed E-state index contributed by atoms with van der Waals surface area (Å²) in [4.78, 5) is 17.5. The molecule has 0 aliphatic rings. The smallest absolute Gasteiger partial charge is 0.293 e. The predicted octanol–water partition coefficient (Wildman–Crippen LogP) is 3.27. The summed E-state index contributed by atoms with van der Waals surface area (Å²) >= 11 is 1.48. The zero-order valence-electron chi connectivity index (χ0n) is 12.5. The first-order valence-corrected chi connectivity index (χ1v) is 7.88. The summed E-state index contributed by atoms with van der Waals surface area (Å²) in [6.45, 7) is 9.61. The molecule has 1 heterocycles. The third-order valence-corrected chi connectivity index (χ3v) is 4.38. The summed E-state index contributed by atoms with van der Waals surface area (Å²) in [5.41, 5.74) is 1.48. The van der Waals surface area contributed by atoms with Crippen molar-refractivity contribution in [2.75, 3.05) is 31.5 Å². The molecule has 0 saturated carbocycles. The number of thiazole rings is 1. The number of nitrogens with zero attached hydrogens (tertiary/aromatic N) is 3. The molecular weight excluding hydrogens is 288 g/mol. The van der Waals surface area contributed by atoms with Crippen LogP contribution in [0.25, 0.3) is 10.2 Å². The quantitative estimate of drug-likeness (QED) is 0.628. The maximum atomic E-state index is 11.2. The first-order chi connectivity index (χ1) is 10.0. The molecule has 114 valence electrons. The standard InChI is InChI=1S/C14H20N4O2S/c1-4-17(5-2)7-6-15-11-8-12-14(21-10(3)16-12)9-13(11)18(19)20/h8-9,15H,4-7H2,1-3H3. The van der Waals surface area contributed by atoms with E-state index in [2.05, 4.69) is 29.0 Å². The number of aromatic nitrogens is 1. The van der Waals surface area contributed by atoms with Crippen LogP contribution in [0.15, 0.2) is 12.1 Å². The largest absolute Gasteiger partial charge is 0.378 e. The van der Waals surface area contributed by atoms with Crippen molar-refractivity contribution in [3.05, 3.63) is 27.3 Å². The van der Waals surface area contributed by atoms with Crippen molar-refractivity contribution in [2.45, 2.75) is 20.8 Å². The second-order valence-corrected chi connectivity index (χ2v) is 6.02. The molecule has 0 aliphatic heterocycles. The van der Waals surface area contributed by atoms with Crippen LogP contribution in [0, 0.1) is 17.0 Å². The lowest BCUT2D eigenvalue weighted by molar-refractivity contribution is -0.383. The Morgan fingerprint density at radius 3 is 2.71 bits per heavy atom. The predicted molar refractivity (Wildman–Crippen MR) is 87.3 cm³/mol. The SMILES string of the molecule is CCN(CC)CCNc1cc2nc(C)sc2cc1[N+](=O)[O-]. The Kier molecular flexibility index (Phi) is 5.08. The topological polar surface area (TPSA) is 71.3 Å². The van der Waals surface area contributed by atoms with Crippen molar-refractivity contribution >= 4 is 32.9 Å². The van der Waals surface area contributed by atoms with Gasteiger partial charge >= 0.3 is 0 Å². The zero-order chi connectivity index (χ0) is 15.4. The van der Waals surface area contributed by atoms with Crippen LogP contribution in [0.2, 0.25) is 0 Å².